The molecule has 0 saturated carbocycles. The molecule has 2 rings (SSSR count). The molecular formula is C16H15IN4O. The van der Waals surface area contributed by atoms with Crippen molar-refractivity contribution < 1.29 is 4.74 Å². The lowest BCUT2D eigenvalue weighted by Gasteiger charge is -2.09. The second kappa shape index (κ2) is 7.87. The van der Waals surface area contributed by atoms with Crippen molar-refractivity contribution in [1.82, 2.24) is 4.98 Å². The summed E-state index contributed by atoms with van der Waals surface area (Å²) in [7, 11) is 1.60. The number of benzene rings is 1. The number of hydrogen-bond donors (Lipinski definition) is 1. The molecule has 0 aliphatic carbocycles. The third-order valence-corrected chi connectivity index (χ3v) is 3.61. The van der Waals surface area contributed by atoms with Gasteiger partial charge in [-0.3, -0.25) is 5.43 Å². The van der Waals surface area contributed by atoms with Gasteiger partial charge < -0.3 is 4.74 Å². The average molecular weight is 406 g/mol. The van der Waals surface area contributed by atoms with E-state index < -0.39 is 0 Å². The molecule has 2 aromatic rings. The fourth-order valence-electron chi connectivity index (χ4n) is 1.93. The summed E-state index contributed by atoms with van der Waals surface area (Å²) < 4.78 is 6.29. The first-order chi connectivity index (χ1) is 10.6. The molecule has 0 radical (unpaired) electrons. The van der Waals surface area contributed by atoms with E-state index in [2.05, 4.69) is 44.2 Å². The van der Waals surface area contributed by atoms with Gasteiger partial charge in [-0.25, -0.2) is 4.98 Å². The van der Waals surface area contributed by atoms with Crippen LogP contribution in [-0.2, 0) is 11.3 Å². The van der Waals surface area contributed by atoms with Crippen LogP contribution in [0.3, 0.4) is 0 Å². The Hall–Kier alpha value is -1.98. The van der Waals surface area contributed by atoms with Gasteiger partial charge in [-0.15, -0.1) is 0 Å². The lowest BCUT2D eigenvalue weighted by Crippen LogP contribution is -2.03. The number of aromatic nitrogens is 1. The minimum absolute atomic E-state index is 0.363. The molecule has 0 amide bonds. The van der Waals surface area contributed by atoms with Crippen LogP contribution in [0.25, 0.3) is 0 Å². The van der Waals surface area contributed by atoms with Crippen molar-refractivity contribution in [3.8, 4) is 6.07 Å². The number of nitrogens with one attached hydrogen (secondary N) is 1. The van der Waals surface area contributed by atoms with Crippen molar-refractivity contribution in [2.24, 2.45) is 5.10 Å². The van der Waals surface area contributed by atoms with E-state index in [9.17, 15) is 5.26 Å². The van der Waals surface area contributed by atoms with E-state index in [0.717, 1.165) is 16.8 Å². The molecule has 22 heavy (non-hydrogen) atoms. The quantitative estimate of drug-likeness (QED) is 0.469. The van der Waals surface area contributed by atoms with E-state index in [1.54, 1.807) is 13.3 Å². The van der Waals surface area contributed by atoms with Gasteiger partial charge in [0.25, 0.3) is 0 Å². The standard InChI is InChI=1S/C16H15IN4O/c1-11-7-13(10-22-2)15(8-18)16(20-11)21-19-9-12-3-5-14(17)6-4-12/h3-7,9H,10H2,1-2H3,(H,20,21). The smallest absolute Gasteiger partial charge is 0.164 e. The number of hydrogen-bond acceptors (Lipinski definition) is 5. The number of halogens is 1. The first-order valence-corrected chi connectivity index (χ1v) is 7.66. The fraction of sp³-hybridized carbons (Fsp3) is 0.188. The average Bonchev–Trinajstić information content (AvgIpc) is 2.49. The maximum Gasteiger partial charge on any atom is 0.164 e. The number of pyridine rings is 1. The van der Waals surface area contributed by atoms with Crippen molar-refractivity contribution in [1.29, 1.82) is 5.26 Å². The van der Waals surface area contributed by atoms with Crippen LogP contribution in [0.2, 0.25) is 0 Å². The van der Waals surface area contributed by atoms with Gasteiger partial charge in [0.1, 0.15) is 11.6 Å². The summed E-state index contributed by atoms with van der Waals surface area (Å²) in [5.41, 5.74) is 5.86. The van der Waals surface area contributed by atoms with E-state index in [0.29, 0.717) is 18.0 Å². The molecule has 0 fully saturated rings. The summed E-state index contributed by atoms with van der Waals surface area (Å²) in [5.74, 6) is 0.441. The Bertz CT molecular complexity index is 720. The molecule has 5 nitrogen and oxygen atoms in total. The number of rotatable bonds is 5. The monoisotopic (exact) mass is 406 g/mol. The predicted molar refractivity (Wildman–Crippen MR) is 94.8 cm³/mol. The van der Waals surface area contributed by atoms with Crippen LogP contribution in [0.4, 0.5) is 5.82 Å². The lowest BCUT2D eigenvalue weighted by atomic mass is 10.1. The van der Waals surface area contributed by atoms with E-state index in [4.69, 9.17) is 4.74 Å². The maximum absolute atomic E-state index is 9.33. The van der Waals surface area contributed by atoms with E-state index in [1.165, 1.54) is 3.57 Å². The van der Waals surface area contributed by atoms with E-state index in [1.807, 2.05) is 37.3 Å². The molecule has 1 aromatic carbocycles. The molecule has 6 heteroatoms. The minimum atomic E-state index is 0.363. The van der Waals surface area contributed by atoms with Gasteiger partial charge in [0.2, 0.25) is 0 Å². The summed E-state index contributed by atoms with van der Waals surface area (Å²) in [6, 6.07) is 11.9. The Kier molecular flexibility index (Phi) is 5.86. The minimum Gasteiger partial charge on any atom is -0.380 e. The Morgan fingerprint density at radius 1 is 1.41 bits per heavy atom. The van der Waals surface area contributed by atoms with Gasteiger partial charge >= 0.3 is 0 Å². The zero-order valence-electron chi connectivity index (χ0n) is 12.3. The highest BCUT2D eigenvalue weighted by Crippen LogP contribution is 2.19. The van der Waals surface area contributed by atoms with Crippen LogP contribution in [0.5, 0.6) is 0 Å². The van der Waals surface area contributed by atoms with Crippen LogP contribution in [0.15, 0.2) is 35.4 Å². The van der Waals surface area contributed by atoms with Gasteiger partial charge in [0.05, 0.1) is 12.8 Å². The number of nitriles is 1. The van der Waals surface area contributed by atoms with Gasteiger partial charge in [0.15, 0.2) is 5.82 Å². The van der Waals surface area contributed by atoms with Crippen LogP contribution in [0.1, 0.15) is 22.4 Å². The van der Waals surface area contributed by atoms with Gasteiger partial charge in [0, 0.05) is 21.9 Å². The Balaban J connectivity index is 2.22. The summed E-state index contributed by atoms with van der Waals surface area (Å²) in [6.07, 6.45) is 1.69. The fourth-order valence-corrected chi connectivity index (χ4v) is 2.29. The third-order valence-electron chi connectivity index (χ3n) is 2.89. The summed E-state index contributed by atoms with van der Waals surface area (Å²) >= 11 is 2.25. The Morgan fingerprint density at radius 2 is 2.14 bits per heavy atom. The Morgan fingerprint density at radius 3 is 2.77 bits per heavy atom. The molecule has 0 spiro atoms. The zero-order valence-corrected chi connectivity index (χ0v) is 14.5. The lowest BCUT2D eigenvalue weighted by molar-refractivity contribution is 0.184. The van der Waals surface area contributed by atoms with E-state index >= 15 is 0 Å². The van der Waals surface area contributed by atoms with E-state index in [-0.39, 0.29) is 0 Å². The molecule has 0 bridgehead atoms. The van der Waals surface area contributed by atoms with Crippen molar-refractivity contribution >= 4 is 34.6 Å². The van der Waals surface area contributed by atoms with Crippen LogP contribution in [-0.4, -0.2) is 18.3 Å². The Labute approximate surface area is 143 Å². The number of anilines is 1. The molecule has 1 aromatic heterocycles. The highest BCUT2D eigenvalue weighted by atomic mass is 127. The zero-order chi connectivity index (χ0) is 15.9. The highest BCUT2D eigenvalue weighted by molar-refractivity contribution is 14.1. The summed E-state index contributed by atoms with van der Waals surface area (Å²) in [6.45, 7) is 2.23. The molecule has 112 valence electrons. The number of aryl methyl sites for hydroxylation is 1. The van der Waals surface area contributed by atoms with Crippen molar-refractivity contribution in [2.75, 3.05) is 12.5 Å². The number of hydrazone groups is 1. The van der Waals surface area contributed by atoms with Crippen molar-refractivity contribution in [2.45, 2.75) is 13.5 Å². The van der Waals surface area contributed by atoms with Crippen LogP contribution >= 0.6 is 22.6 Å². The predicted octanol–water partition coefficient (Wildman–Crippen LogP) is 3.46. The number of nitrogens with zero attached hydrogens (tertiary/aromatic N) is 3. The molecule has 0 saturated heterocycles. The number of methoxy groups -OCH3 is 1. The third kappa shape index (κ3) is 4.26. The largest absolute Gasteiger partial charge is 0.380 e. The molecule has 1 heterocycles. The SMILES string of the molecule is COCc1cc(C)nc(NN=Cc2ccc(I)cc2)c1C#N. The molecule has 1 N–H and O–H groups in total. The van der Waals surface area contributed by atoms with Gasteiger partial charge in [-0.05, 0) is 53.3 Å². The summed E-state index contributed by atoms with van der Waals surface area (Å²) in [5, 5.41) is 13.5. The highest BCUT2D eigenvalue weighted by Gasteiger charge is 2.10. The van der Waals surface area contributed by atoms with Gasteiger partial charge in [-0.1, -0.05) is 12.1 Å². The molecular weight excluding hydrogens is 391 g/mol. The first-order valence-electron chi connectivity index (χ1n) is 6.58. The van der Waals surface area contributed by atoms with Crippen LogP contribution < -0.4 is 5.43 Å². The van der Waals surface area contributed by atoms with Crippen LogP contribution in [0, 0.1) is 21.8 Å². The molecule has 0 aliphatic heterocycles. The van der Waals surface area contributed by atoms with Crippen molar-refractivity contribution in [3.05, 3.63) is 56.3 Å². The second-order valence-corrected chi connectivity index (χ2v) is 5.86. The topological polar surface area (TPSA) is 70.3 Å². The summed E-state index contributed by atoms with van der Waals surface area (Å²) in [4.78, 5) is 4.33. The number of ether oxygens (including phenoxy) is 1. The van der Waals surface area contributed by atoms with Crippen molar-refractivity contribution in [3.63, 3.8) is 0 Å². The normalized spacial score (nSPS) is 10.6. The maximum atomic E-state index is 9.33. The first kappa shape index (κ1) is 16.4. The van der Waals surface area contributed by atoms with Gasteiger partial charge in [-0.2, -0.15) is 10.4 Å². The molecule has 0 aliphatic rings. The molecule has 0 atom stereocenters. The second-order valence-electron chi connectivity index (χ2n) is 4.61. The molecule has 0 unspecified atom stereocenters.